The zero-order valence-corrected chi connectivity index (χ0v) is 12.7. The van der Waals surface area contributed by atoms with Crippen molar-refractivity contribution >= 4 is 23.1 Å². The summed E-state index contributed by atoms with van der Waals surface area (Å²) in [7, 11) is 0. The first kappa shape index (κ1) is 14.0. The summed E-state index contributed by atoms with van der Waals surface area (Å²) in [5.74, 6) is -0.0206. The third-order valence-corrected chi connectivity index (χ3v) is 4.85. The number of thiazole rings is 1. The van der Waals surface area contributed by atoms with Gasteiger partial charge in [0.2, 0.25) is 5.88 Å². The van der Waals surface area contributed by atoms with Crippen molar-refractivity contribution in [3.63, 3.8) is 0 Å². The Balaban J connectivity index is 1.72. The maximum atomic E-state index is 11.2. The molecule has 5 heteroatoms. The van der Waals surface area contributed by atoms with Crippen LogP contribution in [0.3, 0.4) is 0 Å². The Morgan fingerprint density at radius 2 is 1.67 bits per heavy atom. The number of rotatable bonds is 4. The molecule has 1 aromatic heterocycles. The molecule has 0 saturated carbocycles. The number of aromatic nitrogens is 1. The Kier molecular flexibility index (Phi) is 4.13. The van der Waals surface area contributed by atoms with E-state index in [1.54, 1.807) is 11.8 Å². The van der Waals surface area contributed by atoms with Gasteiger partial charge in [0.05, 0.1) is 4.88 Å². The number of aromatic amines is 1. The number of hydrogen-bond donors (Lipinski definition) is 2. The molecular weight excluding hydrogens is 302 g/mol. The topological polar surface area (TPSA) is 53.1 Å². The van der Waals surface area contributed by atoms with Crippen LogP contribution in [-0.2, 0) is 6.42 Å². The standard InChI is InChI=1S/C16H13NO2S2/c18-15-14(21-16(19)17-15)10-11-6-8-13(9-7-11)20-12-4-2-1-3-5-12/h1-9,18H,10H2,(H,17,19). The molecule has 3 rings (SSSR count). The van der Waals surface area contributed by atoms with Gasteiger partial charge < -0.3 is 5.11 Å². The molecule has 21 heavy (non-hydrogen) atoms. The fourth-order valence-electron chi connectivity index (χ4n) is 1.96. The molecule has 0 aliphatic heterocycles. The lowest BCUT2D eigenvalue weighted by Crippen LogP contribution is -1.89. The number of aromatic hydroxyl groups is 1. The summed E-state index contributed by atoms with van der Waals surface area (Å²) in [6.07, 6.45) is 0.561. The zero-order valence-electron chi connectivity index (χ0n) is 11.1. The molecule has 0 fully saturated rings. The lowest BCUT2D eigenvalue weighted by molar-refractivity contribution is 0.451. The molecule has 0 aliphatic rings. The molecular formula is C16H13NO2S2. The molecule has 0 radical (unpaired) electrons. The van der Waals surface area contributed by atoms with Gasteiger partial charge in [0, 0.05) is 16.2 Å². The van der Waals surface area contributed by atoms with Gasteiger partial charge in [-0.3, -0.25) is 9.78 Å². The minimum Gasteiger partial charge on any atom is -0.494 e. The summed E-state index contributed by atoms with van der Waals surface area (Å²) in [6, 6.07) is 18.4. The van der Waals surface area contributed by atoms with E-state index in [9.17, 15) is 9.90 Å². The minimum atomic E-state index is -0.223. The Hall–Kier alpha value is -1.98. The van der Waals surface area contributed by atoms with Crippen LogP contribution in [-0.4, -0.2) is 10.1 Å². The van der Waals surface area contributed by atoms with Gasteiger partial charge >= 0.3 is 4.87 Å². The Morgan fingerprint density at radius 1 is 1.00 bits per heavy atom. The summed E-state index contributed by atoms with van der Waals surface area (Å²) in [5, 5.41) is 9.59. The maximum Gasteiger partial charge on any atom is 0.307 e. The van der Waals surface area contributed by atoms with Crippen LogP contribution in [0.25, 0.3) is 0 Å². The van der Waals surface area contributed by atoms with Crippen molar-refractivity contribution in [2.24, 2.45) is 0 Å². The van der Waals surface area contributed by atoms with Gasteiger partial charge in [-0.15, -0.1) is 0 Å². The van der Waals surface area contributed by atoms with Crippen LogP contribution in [0.5, 0.6) is 5.88 Å². The van der Waals surface area contributed by atoms with Crippen LogP contribution in [0.4, 0.5) is 0 Å². The Morgan fingerprint density at radius 3 is 2.29 bits per heavy atom. The summed E-state index contributed by atoms with van der Waals surface area (Å²) >= 11 is 2.76. The van der Waals surface area contributed by atoms with Gasteiger partial charge in [-0.05, 0) is 29.8 Å². The van der Waals surface area contributed by atoms with Crippen molar-refractivity contribution in [1.29, 1.82) is 0 Å². The first-order valence-corrected chi connectivity index (χ1v) is 8.07. The minimum absolute atomic E-state index is 0.0206. The first-order valence-electron chi connectivity index (χ1n) is 6.43. The Bertz CT molecular complexity index is 776. The highest BCUT2D eigenvalue weighted by atomic mass is 32.2. The average molecular weight is 315 g/mol. The van der Waals surface area contributed by atoms with Crippen molar-refractivity contribution in [3.8, 4) is 5.88 Å². The van der Waals surface area contributed by atoms with Gasteiger partial charge in [0.25, 0.3) is 0 Å². The summed E-state index contributed by atoms with van der Waals surface area (Å²) in [6.45, 7) is 0. The molecule has 106 valence electrons. The smallest absolute Gasteiger partial charge is 0.307 e. The third-order valence-electron chi connectivity index (χ3n) is 2.97. The van der Waals surface area contributed by atoms with Gasteiger partial charge in [-0.25, -0.2) is 0 Å². The van der Waals surface area contributed by atoms with Gasteiger partial charge in [0.1, 0.15) is 0 Å². The number of H-pyrrole nitrogens is 1. The monoisotopic (exact) mass is 315 g/mol. The van der Waals surface area contributed by atoms with Crippen LogP contribution in [0.15, 0.2) is 69.2 Å². The van der Waals surface area contributed by atoms with Gasteiger partial charge in [-0.1, -0.05) is 53.4 Å². The molecule has 0 amide bonds. The molecule has 3 aromatic rings. The molecule has 0 spiro atoms. The predicted octanol–water partition coefficient (Wildman–Crippen LogP) is 3.88. The van der Waals surface area contributed by atoms with E-state index in [-0.39, 0.29) is 10.8 Å². The summed E-state index contributed by atoms with van der Waals surface area (Å²) < 4.78 is 0. The van der Waals surface area contributed by atoms with Crippen molar-refractivity contribution in [3.05, 3.63) is 74.7 Å². The van der Waals surface area contributed by atoms with E-state index in [0.29, 0.717) is 11.3 Å². The van der Waals surface area contributed by atoms with Crippen LogP contribution < -0.4 is 4.87 Å². The number of nitrogens with one attached hydrogen (secondary N) is 1. The van der Waals surface area contributed by atoms with Crippen molar-refractivity contribution < 1.29 is 5.11 Å². The van der Waals surface area contributed by atoms with E-state index in [4.69, 9.17) is 0 Å². The highest BCUT2D eigenvalue weighted by molar-refractivity contribution is 7.99. The summed E-state index contributed by atoms with van der Waals surface area (Å²) in [4.78, 5) is 16.4. The highest BCUT2D eigenvalue weighted by Crippen LogP contribution is 2.28. The van der Waals surface area contributed by atoms with Crippen LogP contribution in [0.2, 0.25) is 0 Å². The first-order chi connectivity index (χ1) is 10.2. The fraction of sp³-hybridized carbons (Fsp3) is 0.0625. The normalized spacial score (nSPS) is 10.7. The zero-order chi connectivity index (χ0) is 14.7. The molecule has 0 aliphatic carbocycles. The molecule has 0 unspecified atom stereocenters. The third kappa shape index (κ3) is 3.56. The maximum absolute atomic E-state index is 11.2. The lowest BCUT2D eigenvalue weighted by Gasteiger charge is -2.03. The number of hydrogen-bond acceptors (Lipinski definition) is 4. The number of benzene rings is 2. The van der Waals surface area contributed by atoms with E-state index in [1.165, 1.54) is 4.90 Å². The second kappa shape index (κ2) is 6.20. The molecule has 2 aromatic carbocycles. The van der Waals surface area contributed by atoms with E-state index in [2.05, 4.69) is 29.2 Å². The second-order valence-electron chi connectivity index (χ2n) is 4.52. The quantitative estimate of drug-likeness (QED) is 0.768. The van der Waals surface area contributed by atoms with Crippen LogP contribution in [0, 0.1) is 0 Å². The molecule has 1 heterocycles. The highest BCUT2D eigenvalue weighted by Gasteiger charge is 2.07. The average Bonchev–Trinajstić information content (AvgIpc) is 2.80. The molecule has 3 nitrogen and oxygen atoms in total. The molecule has 2 N–H and O–H groups in total. The molecule has 0 saturated heterocycles. The fourth-order valence-corrected chi connectivity index (χ4v) is 3.55. The van der Waals surface area contributed by atoms with E-state index in [1.807, 2.05) is 30.3 Å². The largest absolute Gasteiger partial charge is 0.494 e. The van der Waals surface area contributed by atoms with Gasteiger partial charge in [-0.2, -0.15) is 0 Å². The van der Waals surface area contributed by atoms with Crippen LogP contribution in [0.1, 0.15) is 10.4 Å². The van der Waals surface area contributed by atoms with Crippen molar-refractivity contribution in [2.45, 2.75) is 16.2 Å². The van der Waals surface area contributed by atoms with Crippen molar-refractivity contribution in [2.75, 3.05) is 0 Å². The Labute approximate surface area is 130 Å². The lowest BCUT2D eigenvalue weighted by atomic mass is 10.1. The summed E-state index contributed by atoms with van der Waals surface area (Å²) in [5.41, 5.74) is 1.07. The van der Waals surface area contributed by atoms with Crippen molar-refractivity contribution in [1.82, 2.24) is 4.98 Å². The predicted molar refractivity (Wildman–Crippen MR) is 86.4 cm³/mol. The second-order valence-corrected chi connectivity index (χ2v) is 6.74. The van der Waals surface area contributed by atoms with E-state index < -0.39 is 0 Å². The molecule has 0 bridgehead atoms. The molecule has 0 atom stereocenters. The van der Waals surface area contributed by atoms with E-state index >= 15 is 0 Å². The van der Waals surface area contributed by atoms with Crippen LogP contribution >= 0.6 is 23.1 Å². The SMILES string of the molecule is O=c1[nH]c(O)c(Cc2ccc(Sc3ccccc3)cc2)s1. The van der Waals surface area contributed by atoms with E-state index in [0.717, 1.165) is 21.8 Å². The van der Waals surface area contributed by atoms with Gasteiger partial charge in [0.15, 0.2) is 0 Å².